The molecule has 1 aromatic rings. The van der Waals surface area contributed by atoms with Gasteiger partial charge in [0.25, 0.3) is 5.91 Å². The van der Waals surface area contributed by atoms with Crippen LogP contribution in [0.25, 0.3) is 0 Å². The fourth-order valence-corrected chi connectivity index (χ4v) is 3.04. The van der Waals surface area contributed by atoms with E-state index in [9.17, 15) is 9.59 Å². The molecule has 6 heteroatoms. The molecule has 126 valence electrons. The SMILES string of the molecule is Cl.NCC1(C(=O)Nc2ccc(C(=O)NC3CC3)cc2)CCCC1. The fraction of sp³-hybridized carbons (Fsp3) is 0.529. The van der Waals surface area contributed by atoms with Crippen LogP contribution in [0.3, 0.4) is 0 Å². The predicted molar refractivity (Wildman–Crippen MR) is 92.8 cm³/mol. The van der Waals surface area contributed by atoms with Crippen molar-refractivity contribution in [2.45, 2.75) is 44.6 Å². The molecule has 1 aromatic carbocycles. The van der Waals surface area contributed by atoms with Gasteiger partial charge in [0.05, 0.1) is 5.41 Å². The molecule has 2 aliphatic rings. The van der Waals surface area contributed by atoms with E-state index in [0.29, 0.717) is 23.8 Å². The average Bonchev–Trinajstić information content (AvgIpc) is 3.20. The number of carbonyl (C=O) groups is 2. The van der Waals surface area contributed by atoms with Crippen molar-refractivity contribution >= 4 is 29.9 Å². The van der Waals surface area contributed by atoms with Gasteiger partial charge in [-0.2, -0.15) is 0 Å². The van der Waals surface area contributed by atoms with E-state index in [0.717, 1.165) is 38.5 Å². The lowest BCUT2D eigenvalue weighted by Crippen LogP contribution is -2.40. The standard InChI is InChI=1S/C17H23N3O2.ClH/c18-11-17(9-1-2-10-17)16(22)20-14-5-3-12(4-6-14)15(21)19-13-7-8-13;/h3-6,13H,1-2,7-11,18H2,(H,19,21)(H,20,22);1H. The molecule has 0 unspecified atom stereocenters. The second kappa shape index (κ2) is 7.32. The third kappa shape index (κ3) is 4.03. The Kier molecular flexibility index (Phi) is 5.65. The van der Waals surface area contributed by atoms with Gasteiger partial charge < -0.3 is 16.4 Å². The highest BCUT2D eigenvalue weighted by atomic mass is 35.5. The van der Waals surface area contributed by atoms with Crippen LogP contribution in [0.1, 0.15) is 48.9 Å². The Morgan fingerprint density at radius 3 is 2.26 bits per heavy atom. The highest BCUT2D eigenvalue weighted by Crippen LogP contribution is 2.38. The molecule has 2 saturated carbocycles. The topological polar surface area (TPSA) is 84.2 Å². The van der Waals surface area contributed by atoms with E-state index < -0.39 is 5.41 Å². The zero-order chi connectivity index (χ0) is 15.6. The van der Waals surface area contributed by atoms with Crippen LogP contribution < -0.4 is 16.4 Å². The highest BCUT2D eigenvalue weighted by molar-refractivity contribution is 5.97. The number of carbonyl (C=O) groups excluding carboxylic acids is 2. The van der Waals surface area contributed by atoms with Crippen LogP contribution in [-0.4, -0.2) is 24.4 Å². The Bertz CT molecular complexity index is 564. The molecule has 0 atom stereocenters. The average molecular weight is 338 g/mol. The van der Waals surface area contributed by atoms with Gasteiger partial charge >= 0.3 is 0 Å². The summed E-state index contributed by atoms with van der Waals surface area (Å²) in [5.41, 5.74) is 6.75. The predicted octanol–water partition coefficient (Wildman–Crippen LogP) is 2.46. The molecule has 3 rings (SSSR count). The minimum Gasteiger partial charge on any atom is -0.349 e. The van der Waals surface area contributed by atoms with Gasteiger partial charge in [-0.3, -0.25) is 9.59 Å². The van der Waals surface area contributed by atoms with Crippen molar-refractivity contribution in [3.63, 3.8) is 0 Å². The van der Waals surface area contributed by atoms with Crippen LogP contribution in [0.5, 0.6) is 0 Å². The Balaban J connectivity index is 0.00000192. The summed E-state index contributed by atoms with van der Waals surface area (Å²) in [6.45, 7) is 0.390. The maximum Gasteiger partial charge on any atom is 0.251 e. The Labute approximate surface area is 142 Å². The summed E-state index contributed by atoms with van der Waals surface area (Å²) in [5, 5.41) is 5.89. The van der Waals surface area contributed by atoms with Crippen LogP contribution in [0.2, 0.25) is 0 Å². The van der Waals surface area contributed by atoms with Crippen molar-refractivity contribution in [2.75, 3.05) is 11.9 Å². The van der Waals surface area contributed by atoms with Crippen LogP contribution in [0, 0.1) is 5.41 Å². The number of rotatable bonds is 5. The monoisotopic (exact) mass is 337 g/mol. The molecule has 0 bridgehead atoms. The Morgan fingerprint density at radius 2 is 1.74 bits per heavy atom. The third-order valence-corrected chi connectivity index (χ3v) is 4.75. The minimum atomic E-state index is -0.415. The van der Waals surface area contributed by atoms with E-state index in [-0.39, 0.29) is 24.2 Å². The molecule has 0 saturated heterocycles. The lowest BCUT2D eigenvalue weighted by Gasteiger charge is -2.25. The molecule has 0 spiro atoms. The molecular weight excluding hydrogens is 314 g/mol. The lowest BCUT2D eigenvalue weighted by molar-refractivity contribution is -0.124. The fourth-order valence-electron chi connectivity index (χ4n) is 3.04. The van der Waals surface area contributed by atoms with Gasteiger partial charge in [0, 0.05) is 23.8 Å². The van der Waals surface area contributed by atoms with Crippen molar-refractivity contribution < 1.29 is 9.59 Å². The molecule has 5 nitrogen and oxygen atoms in total. The van der Waals surface area contributed by atoms with Gasteiger partial charge in [-0.25, -0.2) is 0 Å². The summed E-state index contributed by atoms with van der Waals surface area (Å²) >= 11 is 0. The van der Waals surface area contributed by atoms with Gasteiger partial charge in [0.2, 0.25) is 5.91 Å². The smallest absolute Gasteiger partial charge is 0.251 e. The van der Waals surface area contributed by atoms with Gasteiger partial charge in [-0.05, 0) is 49.9 Å². The Hall–Kier alpha value is -1.59. The second-order valence-corrected chi connectivity index (χ2v) is 6.47. The van der Waals surface area contributed by atoms with Gasteiger partial charge in [0.15, 0.2) is 0 Å². The lowest BCUT2D eigenvalue weighted by atomic mass is 9.85. The van der Waals surface area contributed by atoms with Gasteiger partial charge in [-0.15, -0.1) is 12.4 Å². The molecule has 2 aliphatic carbocycles. The van der Waals surface area contributed by atoms with Crippen molar-refractivity contribution in [1.29, 1.82) is 0 Å². The number of halogens is 1. The van der Waals surface area contributed by atoms with Gasteiger partial charge in [-0.1, -0.05) is 12.8 Å². The first kappa shape index (κ1) is 17.8. The molecule has 2 fully saturated rings. The molecule has 2 amide bonds. The zero-order valence-electron chi connectivity index (χ0n) is 13.1. The van der Waals surface area contributed by atoms with Gasteiger partial charge in [0.1, 0.15) is 0 Å². The molecule has 4 N–H and O–H groups in total. The number of hydrogen-bond donors (Lipinski definition) is 3. The quantitative estimate of drug-likeness (QED) is 0.771. The van der Waals surface area contributed by atoms with Crippen molar-refractivity contribution in [1.82, 2.24) is 5.32 Å². The molecular formula is C17H24ClN3O2. The van der Waals surface area contributed by atoms with Crippen LogP contribution in [0.4, 0.5) is 5.69 Å². The Morgan fingerprint density at radius 1 is 1.13 bits per heavy atom. The molecule has 23 heavy (non-hydrogen) atoms. The summed E-state index contributed by atoms with van der Waals surface area (Å²) < 4.78 is 0. The molecule has 0 heterocycles. The summed E-state index contributed by atoms with van der Waals surface area (Å²) in [4.78, 5) is 24.4. The third-order valence-electron chi connectivity index (χ3n) is 4.75. The first-order chi connectivity index (χ1) is 10.6. The first-order valence-corrected chi connectivity index (χ1v) is 8.05. The second-order valence-electron chi connectivity index (χ2n) is 6.47. The summed E-state index contributed by atoms with van der Waals surface area (Å²) in [5.74, 6) is -0.0442. The first-order valence-electron chi connectivity index (χ1n) is 8.05. The van der Waals surface area contributed by atoms with Crippen molar-refractivity contribution in [3.05, 3.63) is 29.8 Å². The summed E-state index contributed by atoms with van der Waals surface area (Å²) in [7, 11) is 0. The van der Waals surface area contributed by atoms with Crippen LogP contribution in [-0.2, 0) is 4.79 Å². The summed E-state index contributed by atoms with van der Waals surface area (Å²) in [6.07, 6.45) is 5.98. The van der Waals surface area contributed by atoms with Crippen LogP contribution >= 0.6 is 12.4 Å². The van der Waals surface area contributed by atoms with Crippen molar-refractivity contribution in [3.8, 4) is 0 Å². The number of nitrogens with one attached hydrogen (secondary N) is 2. The molecule has 0 aliphatic heterocycles. The maximum absolute atomic E-state index is 12.5. The van der Waals surface area contributed by atoms with E-state index in [1.54, 1.807) is 24.3 Å². The summed E-state index contributed by atoms with van der Waals surface area (Å²) in [6, 6.07) is 7.39. The number of benzene rings is 1. The largest absolute Gasteiger partial charge is 0.349 e. The number of anilines is 1. The molecule has 0 aromatic heterocycles. The highest BCUT2D eigenvalue weighted by Gasteiger charge is 2.39. The normalized spacial score (nSPS) is 18.8. The van der Waals surface area contributed by atoms with E-state index in [1.165, 1.54) is 0 Å². The van der Waals surface area contributed by atoms with Crippen LogP contribution in [0.15, 0.2) is 24.3 Å². The number of nitrogens with two attached hydrogens (primary N) is 1. The van der Waals surface area contributed by atoms with E-state index in [2.05, 4.69) is 10.6 Å². The van der Waals surface area contributed by atoms with E-state index in [4.69, 9.17) is 5.73 Å². The number of amides is 2. The van der Waals surface area contributed by atoms with E-state index in [1.807, 2.05) is 0 Å². The maximum atomic E-state index is 12.5. The zero-order valence-corrected chi connectivity index (χ0v) is 14.0. The molecule has 0 radical (unpaired) electrons. The number of hydrogen-bond acceptors (Lipinski definition) is 3. The van der Waals surface area contributed by atoms with Crippen molar-refractivity contribution in [2.24, 2.45) is 11.1 Å². The minimum absolute atomic E-state index is 0. The van der Waals surface area contributed by atoms with E-state index >= 15 is 0 Å².